The molecule has 0 saturated carbocycles. The van der Waals surface area contributed by atoms with Crippen LogP contribution in [0.3, 0.4) is 0 Å². The van der Waals surface area contributed by atoms with Crippen LogP contribution in [-0.4, -0.2) is 14.9 Å². The summed E-state index contributed by atoms with van der Waals surface area (Å²) in [5.41, 5.74) is 0.919. The summed E-state index contributed by atoms with van der Waals surface area (Å²) in [5, 5.41) is 13.1. The average molecular weight is 184 g/mol. The molecule has 1 rings (SSSR count). The standard InChI is InChI=1S/C7H12N2O.C3H8/c1-3-4-6-7(10)5-8-9(6)2;1-3-2/h5,10H,3-4H2,1-2H3;3H2,1-2H3. The monoisotopic (exact) mass is 184 g/mol. The fourth-order valence-corrected chi connectivity index (χ4v) is 0.978. The van der Waals surface area contributed by atoms with E-state index in [4.69, 9.17) is 0 Å². The van der Waals surface area contributed by atoms with Crippen molar-refractivity contribution in [3.63, 3.8) is 0 Å². The van der Waals surface area contributed by atoms with Crippen molar-refractivity contribution in [2.24, 2.45) is 7.05 Å². The van der Waals surface area contributed by atoms with Crippen LogP contribution in [0.25, 0.3) is 0 Å². The van der Waals surface area contributed by atoms with E-state index in [0.717, 1.165) is 18.5 Å². The lowest BCUT2D eigenvalue weighted by atomic mass is 10.2. The molecule has 0 aromatic carbocycles. The maximum Gasteiger partial charge on any atom is 0.156 e. The predicted molar refractivity (Wildman–Crippen MR) is 54.8 cm³/mol. The molecule has 0 fully saturated rings. The summed E-state index contributed by atoms with van der Waals surface area (Å²) in [7, 11) is 1.84. The Bertz CT molecular complexity index is 211. The van der Waals surface area contributed by atoms with Gasteiger partial charge in [0, 0.05) is 7.05 Å². The Balaban J connectivity index is 0.000000424. The molecule has 0 aliphatic carbocycles. The first-order valence-corrected chi connectivity index (χ1v) is 4.87. The van der Waals surface area contributed by atoms with Crippen molar-refractivity contribution in [1.82, 2.24) is 9.78 Å². The molecule has 0 radical (unpaired) electrons. The largest absolute Gasteiger partial charge is 0.504 e. The first kappa shape index (κ1) is 12.0. The van der Waals surface area contributed by atoms with Gasteiger partial charge in [-0.05, 0) is 6.42 Å². The molecular formula is C10H20N2O. The zero-order valence-electron chi connectivity index (χ0n) is 9.04. The van der Waals surface area contributed by atoms with Crippen molar-refractivity contribution in [3.8, 4) is 5.75 Å². The van der Waals surface area contributed by atoms with Gasteiger partial charge in [-0.3, -0.25) is 4.68 Å². The summed E-state index contributed by atoms with van der Waals surface area (Å²) in [6.07, 6.45) is 4.65. The van der Waals surface area contributed by atoms with Crippen LogP contribution in [0, 0.1) is 0 Å². The van der Waals surface area contributed by atoms with Gasteiger partial charge in [0.1, 0.15) is 0 Å². The van der Waals surface area contributed by atoms with Crippen LogP contribution in [0.5, 0.6) is 5.75 Å². The molecule has 0 aliphatic rings. The van der Waals surface area contributed by atoms with Gasteiger partial charge in [0.05, 0.1) is 11.9 Å². The predicted octanol–water partition coefficient (Wildman–Crippen LogP) is 2.49. The van der Waals surface area contributed by atoms with E-state index < -0.39 is 0 Å². The number of aromatic nitrogens is 2. The Morgan fingerprint density at radius 2 is 1.92 bits per heavy atom. The maximum atomic E-state index is 9.18. The Kier molecular flexibility index (Phi) is 6.02. The minimum atomic E-state index is 0.310. The third-order valence-electron chi connectivity index (χ3n) is 1.53. The van der Waals surface area contributed by atoms with Gasteiger partial charge in [-0.15, -0.1) is 0 Å². The van der Waals surface area contributed by atoms with Gasteiger partial charge >= 0.3 is 0 Å². The molecule has 0 unspecified atom stereocenters. The van der Waals surface area contributed by atoms with Gasteiger partial charge in [0.15, 0.2) is 5.75 Å². The van der Waals surface area contributed by atoms with Crippen molar-refractivity contribution >= 4 is 0 Å². The molecule has 1 N–H and O–H groups in total. The van der Waals surface area contributed by atoms with Crippen molar-refractivity contribution in [1.29, 1.82) is 0 Å². The smallest absolute Gasteiger partial charge is 0.156 e. The lowest BCUT2D eigenvalue weighted by Gasteiger charge is -1.98. The zero-order valence-corrected chi connectivity index (χ0v) is 9.04. The summed E-state index contributed by atoms with van der Waals surface area (Å²) >= 11 is 0. The van der Waals surface area contributed by atoms with Gasteiger partial charge in [-0.1, -0.05) is 33.6 Å². The molecule has 3 heteroatoms. The van der Waals surface area contributed by atoms with E-state index in [2.05, 4.69) is 25.9 Å². The normalized spacial score (nSPS) is 9.23. The van der Waals surface area contributed by atoms with Gasteiger partial charge in [-0.25, -0.2) is 0 Å². The molecule has 0 spiro atoms. The molecule has 0 aliphatic heterocycles. The van der Waals surface area contributed by atoms with Crippen molar-refractivity contribution in [2.45, 2.75) is 40.0 Å². The van der Waals surface area contributed by atoms with Crippen molar-refractivity contribution in [2.75, 3.05) is 0 Å². The minimum Gasteiger partial charge on any atom is -0.504 e. The van der Waals surface area contributed by atoms with E-state index in [1.54, 1.807) is 4.68 Å². The highest BCUT2D eigenvalue weighted by Gasteiger charge is 2.03. The van der Waals surface area contributed by atoms with Gasteiger partial charge in [0.25, 0.3) is 0 Å². The van der Waals surface area contributed by atoms with Gasteiger partial charge < -0.3 is 5.11 Å². The molecule has 3 nitrogen and oxygen atoms in total. The first-order chi connectivity index (χ1) is 6.17. The number of rotatable bonds is 2. The van der Waals surface area contributed by atoms with E-state index in [1.165, 1.54) is 12.6 Å². The fraction of sp³-hybridized carbons (Fsp3) is 0.700. The second-order valence-electron chi connectivity index (χ2n) is 3.06. The second kappa shape index (κ2) is 6.52. The Morgan fingerprint density at radius 1 is 1.38 bits per heavy atom. The van der Waals surface area contributed by atoms with Crippen molar-refractivity contribution in [3.05, 3.63) is 11.9 Å². The number of hydrogen-bond acceptors (Lipinski definition) is 2. The number of nitrogens with zero attached hydrogens (tertiary/aromatic N) is 2. The summed E-state index contributed by atoms with van der Waals surface area (Å²) in [5.74, 6) is 0.310. The maximum absolute atomic E-state index is 9.18. The molecule has 0 bridgehead atoms. The van der Waals surface area contributed by atoms with E-state index in [0.29, 0.717) is 5.75 Å². The van der Waals surface area contributed by atoms with Crippen LogP contribution in [0.1, 0.15) is 39.3 Å². The summed E-state index contributed by atoms with van der Waals surface area (Å²) in [4.78, 5) is 0. The van der Waals surface area contributed by atoms with Crippen LogP contribution in [0.2, 0.25) is 0 Å². The average Bonchev–Trinajstić information content (AvgIpc) is 2.38. The fourth-order valence-electron chi connectivity index (χ4n) is 0.978. The van der Waals surface area contributed by atoms with Crippen molar-refractivity contribution < 1.29 is 5.11 Å². The quantitative estimate of drug-likeness (QED) is 0.766. The summed E-state index contributed by atoms with van der Waals surface area (Å²) in [6, 6.07) is 0. The van der Waals surface area contributed by atoms with E-state index in [9.17, 15) is 5.11 Å². The number of aromatic hydroxyl groups is 1. The lowest BCUT2D eigenvalue weighted by molar-refractivity contribution is 0.465. The van der Waals surface area contributed by atoms with Gasteiger partial charge in [-0.2, -0.15) is 5.10 Å². The van der Waals surface area contributed by atoms with E-state index in [-0.39, 0.29) is 0 Å². The SMILES string of the molecule is CCC.CCCc1c(O)cnn1C. The van der Waals surface area contributed by atoms with Crippen LogP contribution in [0.4, 0.5) is 0 Å². The minimum absolute atomic E-state index is 0.310. The molecule has 1 aromatic heterocycles. The first-order valence-electron chi connectivity index (χ1n) is 4.87. The summed E-state index contributed by atoms with van der Waals surface area (Å²) in [6.45, 7) is 6.33. The van der Waals surface area contributed by atoms with Crippen LogP contribution < -0.4 is 0 Å². The molecule has 13 heavy (non-hydrogen) atoms. The Labute approximate surface area is 80.4 Å². The second-order valence-corrected chi connectivity index (χ2v) is 3.06. The highest BCUT2D eigenvalue weighted by atomic mass is 16.3. The number of hydrogen-bond donors (Lipinski definition) is 1. The highest BCUT2D eigenvalue weighted by Crippen LogP contribution is 2.15. The third-order valence-corrected chi connectivity index (χ3v) is 1.53. The van der Waals surface area contributed by atoms with Gasteiger partial charge in [0.2, 0.25) is 0 Å². The molecular weight excluding hydrogens is 164 g/mol. The Hall–Kier alpha value is -0.990. The molecule has 76 valence electrons. The molecule has 1 heterocycles. The summed E-state index contributed by atoms with van der Waals surface area (Å²) < 4.78 is 1.71. The molecule has 1 aromatic rings. The topological polar surface area (TPSA) is 38.1 Å². The molecule has 0 saturated heterocycles. The Morgan fingerprint density at radius 3 is 2.23 bits per heavy atom. The number of aryl methyl sites for hydroxylation is 1. The van der Waals surface area contributed by atoms with Crippen LogP contribution in [0.15, 0.2) is 6.20 Å². The van der Waals surface area contributed by atoms with Crippen LogP contribution in [-0.2, 0) is 13.5 Å². The van der Waals surface area contributed by atoms with Crippen LogP contribution >= 0.6 is 0 Å². The lowest BCUT2D eigenvalue weighted by Crippen LogP contribution is -1.96. The molecule has 0 atom stereocenters. The third kappa shape index (κ3) is 3.97. The van der Waals surface area contributed by atoms with E-state index in [1.807, 2.05) is 7.05 Å². The molecule has 0 amide bonds. The highest BCUT2D eigenvalue weighted by molar-refractivity contribution is 5.22. The zero-order chi connectivity index (χ0) is 10.3. The van der Waals surface area contributed by atoms with E-state index >= 15 is 0 Å².